The molecule has 0 aliphatic heterocycles. The summed E-state index contributed by atoms with van der Waals surface area (Å²) in [7, 11) is 1.71. The van der Waals surface area contributed by atoms with Gasteiger partial charge in [-0.05, 0) is 18.5 Å². The largest absolute Gasteiger partial charge is 0.398 e. The topological polar surface area (TPSA) is 18.5 Å². The van der Waals surface area contributed by atoms with Gasteiger partial charge in [0.25, 0.3) is 0 Å². The average molecular weight is 176 g/mol. The van der Waals surface area contributed by atoms with E-state index in [0.29, 0.717) is 5.92 Å². The summed E-state index contributed by atoms with van der Waals surface area (Å²) in [6.07, 6.45) is 1.20. The van der Waals surface area contributed by atoms with Crippen LogP contribution in [0.1, 0.15) is 20.3 Å². The highest BCUT2D eigenvalue weighted by atomic mass is 28.4. The van der Waals surface area contributed by atoms with Crippen molar-refractivity contribution in [1.82, 2.24) is 0 Å². The highest BCUT2D eigenvalue weighted by Crippen LogP contribution is 2.19. The van der Waals surface area contributed by atoms with Crippen LogP contribution in [0, 0.1) is 5.92 Å². The fourth-order valence-electron chi connectivity index (χ4n) is 1.03. The van der Waals surface area contributed by atoms with Crippen molar-refractivity contribution >= 4 is 8.56 Å². The van der Waals surface area contributed by atoms with E-state index in [0.717, 1.165) is 6.04 Å². The van der Waals surface area contributed by atoms with Crippen molar-refractivity contribution in [3.63, 3.8) is 0 Å². The SMILES string of the molecule is CCC(C)C[Si](C)(OC)OC. The molecule has 0 heterocycles. The molecule has 0 aromatic heterocycles. The van der Waals surface area contributed by atoms with E-state index >= 15 is 0 Å². The maximum Gasteiger partial charge on any atom is 0.334 e. The van der Waals surface area contributed by atoms with Gasteiger partial charge < -0.3 is 8.85 Å². The van der Waals surface area contributed by atoms with Gasteiger partial charge >= 0.3 is 8.56 Å². The van der Waals surface area contributed by atoms with E-state index in [-0.39, 0.29) is 0 Å². The third-order valence-electron chi connectivity index (χ3n) is 2.28. The zero-order valence-corrected chi connectivity index (χ0v) is 9.31. The summed E-state index contributed by atoms with van der Waals surface area (Å²) >= 11 is 0. The van der Waals surface area contributed by atoms with Gasteiger partial charge in [0.2, 0.25) is 0 Å². The summed E-state index contributed by atoms with van der Waals surface area (Å²) in [5.74, 6) is 0.714. The van der Waals surface area contributed by atoms with Gasteiger partial charge in [-0.25, -0.2) is 0 Å². The number of hydrogen-bond acceptors (Lipinski definition) is 2. The van der Waals surface area contributed by atoms with Crippen LogP contribution in [0.5, 0.6) is 0 Å². The lowest BCUT2D eigenvalue weighted by Crippen LogP contribution is -2.37. The zero-order chi connectivity index (χ0) is 8.91. The van der Waals surface area contributed by atoms with Gasteiger partial charge in [-0.2, -0.15) is 0 Å². The lowest BCUT2D eigenvalue weighted by molar-refractivity contribution is 0.242. The summed E-state index contributed by atoms with van der Waals surface area (Å²) in [6.45, 7) is 6.55. The van der Waals surface area contributed by atoms with Gasteiger partial charge in [-0.1, -0.05) is 20.3 Å². The van der Waals surface area contributed by atoms with E-state index in [1.165, 1.54) is 6.42 Å². The molecule has 68 valence electrons. The second-order valence-corrected chi connectivity index (χ2v) is 6.75. The summed E-state index contributed by atoms with van der Waals surface area (Å²) in [6, 6.07) is 1.09. The fourth-order valence-corrected chi connectivity index (χ4v) is 3.08. The van der Waals surface area contributed by atoms with Gasteiger partial charge in [0, 0.05) is 14.2 Å². The minimum absolute atomic E-state index is 0.714. The third-order valence-corrected chi connectivity index (χ3v) is 5.45. The Hall–Kier alpha value is 0.137. The molecule has 0 radical (unpaired) electrons. The molecular formula is C8H20O2Si. The average Bonchev–Trinajstić information content (AvgIpc) is 2.04. The Labute approximate surface area is 71.1 Å². The maximum absolute atomic E-state index is 5.38. The van der Waals surface area contributed by atoms with Crippen LogP contribution < -0.4 is 0 Å². The second kappa shape index (κ2) is 4.90. The molecule has 3 heteroatoms. The standard InChI is InChI=1S/C8H20O2Si/c1-6-8(2)7-11(5,9-3)10-4/h8H,6-7H2,1-5H3. The first kappa shape index (κ1) is 11.1. The maximum atomic E-state index is 5.38. The number of hydrogen-bond donors (Lipinski definition) is 0. The van der Waals surface area contributed by atoms with E-state index in [1.54, 1.807) is 14.2 Å². The molecule has 0 spiro atoms. The van der Waals surface area contributed by atoms with E-state index in [9.17, 15) is 0 Å². The molecule has 0 fully saturated rings. The second-order valence-electron chi connectivity index (χ2n) is 3.26. The van der Waals surface area contributed by atoms with Gasteiger partial charge in [0.1, 0.15) is 0 Å². The molecule has 0 aromatic carbocycles. The van der Waals surface area contributed by atoms with E-state index in [1.807, 2.05) is 0 Å². The minimum Gasteiger partial charge on any atom is -0.398 e. The molecule has 1 atom stereocenters. The van der Waals surface area contributed by atoms with Crippen molar-refractivity contribution in [3.8, 4) is 0 Å². The Kier molecular flexibility index (Phi) is 4.96. The first-order valence-electron chi connectivity index (χ1n) is 4.18. The monoisotopic (exact) mass is 176 g/mol. The molecule has 0 aromatic rings. The van der Waals surface area contributed by atoms with Crippen LogP contribution in [0.3, 0.4) is 0 Å². The lowest BCUT2D eigenvalue weighted by Gasteiger charge is -2.25. The van der Waals surface area contributed by atoms with Crippen molar-refractivity contribution in [1.29, 1.82) is 0 Å². The quantitative estimate of drug-likeness (QED) is 0.599. The van der Waals surface area contributed by atoms with Crippen LogP contribution in [0.15, 0.2) is 0 Å². The predicted octanol–water partition coefficient (Wildman–Crippen LogP) is 2.40. The van der Waals surface area contributed by atoms with Crippen molar-refractivity contribution in [2.45, 2.75) is 32.9 Å². The van der Waals surface area contributed by atoms with Crippen molar-refractivity contribution in [3.05, 3.63) is 0 Å². The molecule has 0 amide bonds. The molecule has 0 bridgehead atoms. The molecule has 1 unspecified atom stereocenters. The summed E-state index contributed by atoms with van der Waals surface area (Å²) in [5.41, 5.74) is 0. The minimum atomic E-state index is -1.78. The van der Waals surface area contributed by atoms with Crippen LogP contribution in [-0.2, 0) is 8.85 Å². The molecule has 11 heavy (non-hydrogen) atoms. The predicted molar refractivity (Wildman–Crippen MR) is 49.9 cm³/mol. The van der Waals surface area contributed by atoms with Crippen LogP contribution in [-0.4, -0.2) is 22.8 Å². The summed E-state index contributed by atoms with van der Waals surface area (Å²) in [5, 5.41) is 0. The molecule has 0 N–H and O–H groups in total. The van der Waals surface area contributed by atoms with Crippen molar-refractivity contribution in [2.75, 3.05) is 14.2 Å². The summed E-state index contributed by atoms with van der Waals surface area (Å²) < 4.78 is 10.8. The molecule has 0 saturated carbocycles. The molecule has 0 aliphatic rings. The molecule has 2 nitrogen and oxygen atoms in total. The normalized spacial score (nSPS) is 15.0. The van der Waals surface area contributed by atoms with Gasteiger partial charge in [-0.15, -0.1) is 0 Å². The van der Waals surface area contributed by atoms with Crippen molar-refractivity contribution in [2.24, 2.45) is 5.92 Å². The highest BCUT2D eigenvalue weighted by Gasteiger charge is 2.30. The molecule has 0 aliphatic carbocycles. The fraction of sp³-hybridized carbons (Fsp3) is 1.00. The highest BCUT2D eigenvalue weighted by molar-refractivity contribution is 6.65. The van der Waals surface area contributed by atoms with Crippen molar-refractivity contribution < 1.29 is 8.85 Å². The van der Waals surface area contributed by atoms with Crippen LogP contribution in [0.25, 0.3) is 0 Å². The van der Waals surface area contributed by atoms with E-state index < -0.39 is 8.56 Å². The molecule has 0 saturated heterocycles. The molecular weight excluding hydrogens is 156 g/mol. The summed E-state index contributed by atoms with van der Waals surface area (Å²) in [4.78, 5) is 0. The van der Waals surface area contributed by atoms with Crippen LogP contribution in [0.4, 0.5) is 0 Å². The smallest absolute Gasteiger partial charge is 0.334 e. The van der Waals surface area contributed by atoms with Gasteiger partial charge in [-0.3, -0.25) is 0 Å². The van der Waals surface area contributed by atoms with Crippen LogP contribution >= 0.6 is 0 Å². The lowest BCUT2D eigenvalue weighted by atomic mass is 10.2. The van der Waals surface area contributed by atoms with E-state index in [2.05, 4.69) is 20.4 Å². The zero-order valence-electron chi connectivity index (χ0n) is 8.31. The Balaban J connectivity index is 3.86. The third kappa shape index (κ3) is 3.89. The van der Waals surface area contributed by atoms with E-state index in [4.69, 9.17) is 8.85 Å². The first-order chi connectivity index (χ1) is 5.08. The number of rotatable bonds is 5. The van der Waals surface area contributed by atoms with Gasteiger partial charge in [0.15, 0.2) is 0 Å². The Morgan fingerprint density at radius 1 is 1.27 bits per heavy atom. The van der Waals surface area contributed by atoms with Crippen LogP contribution in [0.2, 0.25) is 12.6 Å². The van der Waals surface area contributed by atoms with Gasteiger partial charge in [0.05, 0.1) is 0 Å². The Morgan fingerprint density at radius 3 is 2.00 bits per heavy atom. The Bertz CT molecular complexity index is 102. The molecule has 0 rings (SSSR count). The first-order valence-corrected chi connectivity index (χ1v) is 6.70. The Morgan fingerprint density at radius 2 is 1.73 bits per heavy atom.